The van der Waals surface area contributed by atoms with Gasteiger partial charge in [-0.05, 0) is 49.8 Å². The third kappa shape index (κ3) is 4.64. The number of methoxy groups -OCH3 is 2. The first-order chi connectivity index (χ1) is 16.4. The Kier molecular flexibility index (Phi) is 6.63. The molecule has 0 unspecified atom stereocenters. The molecule has 0 amide bonds. The molecule has 174 valence electrons. The fourth-order valence-corrected chi connectivity index (χ4v) is 4.00. The van der Waals surface area contributed by atoms with Gasteiger partial charge >= 0.3 is 0 Å². The zero-order valence-electron chi connectivity index (χ0n) is 20.1. The first-order valence-corrected chi connectivity index (χ1v) is 11.0. The maximum Gasteiger partial charge on any atom is 0.189 e. The number of carbonyl (C=O) groups excluding carboxylic acids is 1. The van der Waals surface area contributed by atoms with Crippen LogP contribution in [0.25, 0.3) is 17.3 Å². The molecular formula is C27H28N4O3. The number of carbonyl (C=O) groups is 1. The molecule has 2 aromatic heterocycles. The van der Waals surface area contributed by atoms with Crippen molar-refractivity contribution in [2.24, 2.45) is 7.05 Å². The average molecular weight is 457 g/mol. The van der Waals surface area contributed by atoms with Crippen LogP contribution in [0.4, 0.5) is 0 Å². The molecule has 0 aliphatic rings. The molecule has 2 aromatic carbocycles. The van der Waals surface area contributed by atoms with E-state index in [4.69, 9.17) is 14.6 Å². The lowest BCUT2D eigenvalue weighted by molar-refractivity contribution is 0.104. The number of ether oxygens (including phenoxy) is 2. The first kappa shape index (κ1) is 23.0. The van der Waals surface area contributed by atoms with Crippen molar-refractivity contribution in [2.75, 3.05) is 14.2 Å². The Morgan fingerprint density at radius 1 is 1.00 bits per heavy atom. The van der Waals surface area contributed by atoms with Crippen LogP contribution in [0.3, 0.4) is 0 Å². The molecule has 0 radical (unpaired) electrons. The molecule has 0 saturated carbocycles. The van der Waals surface area contributed by atoms with Crippen molar-refractivity contribution in [1.82, 2.24) is 19.6 Å². The molecule has 7 nitrogen and oxygen atoms in total. The standard InChI is InChI=1S/C27H28N4O3/c1-18-26(19(2)30(3)28-18)23(32)13-11-22-17-31(16-20-9-7-6-8-10-20)29-27(22)21-12-14-24(33-4)25(15-21)34-5/h6-15,17H,16H2,1-5H3/b13-11+. The minimum Gasteiger partial charge on any atom is -0.493 e. The van der Waals surface area contributed by atoms with E-state index in [1.165, 1.54) is 0 Å². The lowest BCUT2D eigenvalue weighted by Crippen LogP contribution is -2.00. The lowest BCUT2D eigenvalue weighted by atomic mass is 10.0. The van der Waals surface area contributed by atoms with Crippen molar-refractivity contribution >= 4 is 11.9 Å². The summed E-state index contributed by atoms with van der Waals surface area (Å²) < 4.78 is 14.5. The molecule has 2 heterocycles. The Hall–Kier alpha value is -4.13. The lowest BCUT2D eigenvalue weighted by Gasteiger charge is -2.09. The van der Waals surface area contributed by atoms with Gasteiger partial charge in [-0.1, -0.05) is 30.3 Å². The largest absolute Gasteiger partial charge is 0.493 e. The van der Waals surface area contributed by atoms with Crippen LogP contribution in [0.1, 0.15) is 32.9 Å². The molecule has 0 aliphatic heterocycles. The summed E-state index contributed by atoms with van der Waals surface area (Å²) in [4.78, 5) is 13.0. The van der Waals surface area contributed by atoms with E-state index in [-0.39, 0.29) is 5.78 Å². The van der Waals surface area contributed by atoms with Gasteiger partial charge in [0, 0.05) is 30.1 Å². The van der Waals surface area contributed by atoms with Crippen LogP contribution in [0, 0.1) is 13.8 Å². The Balaban J connectivity index is 1.74. The molecule has 34 heavy (non-hydrogen) atoms. The second-order valence-corrected chi connectivity index (χ2v) is 8.05. The number of aromatic nitrogens is 4. The summed E-state index contributed by atoms with van der Waals surface area (Å²) in [6.07, 6.45) is 5.35. The molecular weight excluding hydrogens is 428 g/mol. The van der Waals surface area contributed by atoms with Gasteiger partial charge in [-0.25, -0.2) is 0 Å². The second-order valence-electron chi connectivity index (χ2n) is 8.05. The van der Waals surface area contributed by atoms with E-state index < -0.39 is 0 Å². The topological polar surface area (TPSA) is 71.2 Å². The number of ketones is 1. The Labute approximate surface area is 199 Å². The van der Waals surface area contributed by atoms with Crippen molar-refractivity contribution in [3.8, 4) is 22.8 Å². The number of rotatable bonds is 8. The van der Waals surface area contributed by atoms with Crippen LogP contribution >= 0.6 is 0 Å². The van der Waals surface area contributed by atoms with Crippen LogP contribution in [0.2, 0.25) is 0 Å². The van der Waals surface area contributed by atoms with Gasteiger partial charge in [-0.15, -0.1) is 0 Å². The smallest absolute Gasteiger partial charge is 0.189 e. The quantitative estimate of drug-likeness (QED) is 0.280. The molecule has 4 rings (SSSR count). The van der Waals surface area contributed by atoms with Gasteiger partial charge in [0.25, 0.3) is 0 Å². The van der Waals surface area contributed by atoms with Crippen LogP contribution in [-0.2, 0) is 13.6 Å². The highest BCUT2D eigenvalue weighted by Gasteiger charge is 2.17. The molecule has 7 heteroatoms. The highest BCUT2D eigenvalue weighted by atomic mass is 16.5. The minimum atomic E-state index is -0.0860. The summed E-state index contributed by atoms with van der Waals surface area (Å²) in [5.41, 5.74) is 5.77. The summed E-state index contributed by atoms with van der Waals surface area (Å²) in [6, 6.07) is 15.8. The van der Waals surface area contributed by atoms with E-state index in [1.807, 2.05) is 74.2 Å². The molecule has 0 N–H and O–H groups in total. The second kappa shape index (κ2) is 9.79. The van der Waals surface area contributed by atoms with Crippen molar-refractivity contribution < 1.29 is 14.3 Å². The van der Waals surface area contributed by atoms with Crippen molar-refractivity contribution in [2.45, 2.75) is 20.4 Å². The van der Waals surface area contributed by atoms with Crippen LogP contribution in [0.15, 0.2) is 60.8 Å². The summed E-state index contributed by atoms with van der Waals surface area (Å²) >= 11 is 0. The highest BCUT2D eigenvalue weighted by molar-refractivity contribution is 6.08. The maximum absolute atomic E-state index is 13.0. The number of hydrogen-bond acceptors (Lipinski definition) is 5. The molecule has 0 atom stereocenters. The van der Waals surface area contributed by atoms with Crippen LogP contribution in [-0.4, -0.2) is 39.6 Å². The van der Waals surface area contributed by atoms with Crippen molar-refractivity contribution in [3.63, 3.8) is 0 Å². The fourth-order valence-electron chi connectivity index (χ4n) is 4.00. The van der Waals surface area contributed by atoms with Gasteiger partial charge in [0.1, 0.15) is 0 Å². The number of allylic oxidation sites excluding steroid dienone is 1. The third-order valence-corrected chi connectivity index (χ3v) is 5.80. The van der Waals surface area contributed by atoms with Crippen molar-refractivity contribution in [1.29, 1.82) is 0 Å². The molecule has 0 fully saturated rings. The van der Waals surface area contributed by atoms with E-state index in [2.05, 4.69) is 17.2 Å². The summed E-state index contributed by atoms with van der Waals surface area (Å²) in [5, 5.41) is 9.20. The number of benzene rings is 2. The maximum atomic E-state index is 13.0. The van der Waals surface area contributed by atoms with Gasteiger partial charge in [0.2, 0.25) is 0 Å². The minimum absolute atomic E-state index is 0.0860. The van der Waals surface area contributed by atoms with Gasteiger partial charge < -0.3 is 9.47 Å². The van der Waals surface area contributed by atoms with Gasteiger partial charge in [-0.2, -0.15) is 10.2 Å². The monoisotopic (exact) mass is 456 g/mol. The van der Waals surface area contributed by atoms with Gasteiger partial charge in [-0.3, -0.25) is 14.2 Å². The molecule has 4 aromatic rings. The molecule has 0 saturated heterocycles. The molecule has 0 bridgehead atoms. The van der Waals surface area contributed by atoms with Gasteiger partial charge in [0.15, 0.2) is 17.3 Å². The number of nitrogens with zero attached hydrogens (tertiary/aromatic N) is 4. The summed E-state index contributed by atoms with van der Waals surface area (Å²) in [6.45, 7) is 4.36. The predicted octanol–water partition coefficient (Wildman–Crippen LogP) is 4.86. The van der Waals surface area contributed by atoms with Crippen LogP contribution < -0.4 is 9.47 Å². The molecule has 0 aliphatic carbocycles. The normalized spacial score (nSPS) is 11.2. The van der Waals surface area contributed by atoms with E-state index >= 15 is 0 Å². The zero-order chi connectivity index (χ0) is 24.2. The Morgan fingerprint density at radius 2 is 1.74 bits per heavy atom. The van der Waals surface area contributed by atoms with E-state index in [0.717, 1.165) is 33.8 Å². The SMILES string of the molecule is COc1ccc(-c2nn(Cc3ccccc3)cc2/C=C/C(=O)c2c(C)nn(C)c2C)cc1OC. The van der Waals surface area contributed by atoms with E-state index in [9.17, 15) is 4.79 Å². The predicted molar refractivity (Wildman–Crippen MR) is 132 cm³/mol. The first-order valence-electron chi connectivity index (χ1n) is 11.0. The van der Waals surface area contributed by atoms with Crippen LogP contribution in [0.5, 0.6) is 11.5 Å². The highest BCUT2D eigenvalue weighted by Crippen LogP contribution is 2.33. The average Bonchev–Trinajstić information content (AvgIpc) is 3.36. The summed E-state index contributed by atoms with van der Waals surface area (Å²) in [7, 11) is 5.05. The molecule has 0 spiro atoms. The van der Waals surface area contributed by atoms with E-state index in [0.29, 0.717) is 23.6 Å². The number of aryl methyl sites for hydroxylation is 2. The third-order valence-electron chi connectivity index (χ3n) is 5.80. The number of hydrogen-bond donors (Lipinski definition) is 0. The zero-order valence-corrected chi connectivity index (χ0v) is 20.1. The Morgan fingerprint density at radius 3 is 2.38 bits per heavy atom. The Bertz CT molecular complexity index is 1350. The summed E-state index contributed by atoms with van der Waals surface area (Å²) in [5.74, 6) is 1.17. The fraction of sp³-hybridized carbons (Fsp3) is 0.222. The van der Waals surface area contributed by atoms with Gasteiger partial charge in [0.05, 0.1) is 37.7 Å². The van der Waals surface area contributed by atoms with Crippen molar-refractivity contribution in [3.05, 3.63) is 88.9 Å². The van der Waals surface area contributed by atoms with E-state index in [1.54, 1.807) is 25.0 Å².